The van der Waals surface area contributed by atoms with Crippen LogP contribution in [0.4, 0.5) is 5.82 Å². The summed E-state index contributed by atoms with van der Waals surface area (Å²) >= 11 is 0. The Morgan fingerprint density at radius 1 is 1.47 bits per heavy atom. The molecule has 1 N–H and O–H groups in total. The number of rotatable bonds is 4. The van der Waals surface area contributed by atoms with Gasteiger partial charge in [0.25, 0.3) is 0 Å². The summed E-state index contributed by atoms with van der Waals surface area (Å²) in [4.78, 5) is 2.39. The highest BCUT2D eigenvalue weighted by Crippen LogP contribution is 2.30. The smallest absolute Gasteiger partial charge is 0.145 e. The molecule has 1 aromatic rings. The summed E-state index contributed by atoms with van der Waals surface area (Å²) in [6.45, 7) is 3.95. The van der Waals surface area contributed by atoms with Crippen LogP contribution in [0.1, 0.15) is 36.9 Å². The number of aromatic nitrogens is 2. The van der Waals surface area contributed by atoms with Gasteiger partial charge in [-0.15, -0.1) is 0 Å². The Balaban J connectivity index is 2.29. The highest BCUT2D eigenvalue weighted by atomic mass is 15.4. The molecule has 19 heavy (non-hydrogen) atoms. The first-order chi connectivity index (χ1) is 9.19. The number of hydrogen-bond acceptors (Lipinski definition) is 4. The summed E-state index contributed by atoms with van der Waals surface area (Å²) in [7, 11) is 3.93. The van der Waals surface area contributed by atoms with Gasteiger partial charge >= 0.3 is 0 Å². The lowest BCUT2D eigenvalue weighted by atomic mass is 9.98. The minimum atomic E-state index is 0.517. The number of piperidine rings is 1. The molecule has 2 rings (SSSR count). The van der Waals surface area contributed by atoms with Crippen molar-refractivity contribution in [2.45, 2.75) is 38.6 Å². The molecule has 1 aliphatic heterocycles. The van der Waals surface area contributed by atoms with Gasteiger partial charge in [-0.3, -0.25) is 4.68 Å². The van der Waals surface area contributed by atoms with E-state index in [0.29, 0.717) is 6.04 Å². The molecule has 104 valence electrons. The molecule has 0 amide bonds. The van der Waals surface area contributed by atoms with Gasteiger partial charge in [-0.25, -0.2) is 0 Å². The molecular formula is C14H23N5. The Labute approximate surface area is 115 Å². The van der Waals surface area contributed by atoms with Crippen LogP contribution in [-0.2, 0) is 7.05 Å². The Bertz CT molecular complexity index is 471. The predicted molar refractivity (Wildman–Crippen MR) is 76.2 cm³/mol. The number of nitriles is 1. The van der Waals surface area contributed by atoms with E-state index >= 15 is 0 Å². The maximum atomic E-state index is 9.36. The Hall–Kier alpha value is -1.54. The van der Waals surface area contributed by atoms with Crippen molar-refractivity contribution < 1.29 is 0 Å². The van der Waals surface area contributed by atoms with Crippen LogP contribution in [0.5, 0.6) is 0 Å². The molecule has 0 saturated carbocycles. The van der Waals surface area contributed by atoms with Crippen LogP contribution in [-0.4, -0.2) is 36.0 Å². The zero-order valence-electron chi connectivity index (χ0n) is 12.1. The highest BCUT2D eigenvalue weighted by molar-refractivity contribution is 5.57. The lowest BCUT2D eigenvalue weighted by Crippen LogP contribution is -2.42. The molecule has 5 heteroatoms. The van der Waals surface area contributed by atoms with Crippen molar-refractivity contribution in [1.29, 1.82) is 5.26 Å². The lowest BCUT2D eigenvalue weighted by molar-refractivity contribution is 0.425. The van der Waals surface area contributed by atoms with Crippen LogP contribution >= 0.6 is 0 Å². The summed E-state index contributed by atoms with van der Waals surface area (Å²) in [6.07, 6.45) is 4.80. The van der Waals surface area contributed by atoms with Crippen molar-refractivity contribution in [1.82, 2.24) is 15.1 Å². The van der Waals surface area contributed by atoms with E-state index in [0.717, 1.165) is 36.6 Å². The van der Waals surface area contributed by atoms with Crippen LogP contribution in [0, 0.1) is 18.3 Å². The molecule has 1 aromatic heterocycles. The first-order valence-corrected chi connectivity index (χ1v) is 7.04. The van der Waals surface area contributed by atoms with Crippen LogP contribution < -0.4 is 10.2 Å². The Kier molecular flexibility index (Phi) is 4.43. The molecule has 0 aliphatic carbocycles. The molecule has 1 atom stereocenters. The molecular weight excluding hydrogens is 238 g/mol. The van der Waals surface area contributed by atoms with E-state index in [-0.39, 0.29) is 0 Å². The molecule has 1 fully saturated rings. The zero-order valence-corrected chi connectivity index (χ0v) is 12.1. The van der Waals surface area contributed by atoms with Crippen LogP contribution in [0.25, 0.3) is 0 Å². The van der Waals surface area contributed by atoms with E-state index in [1.807, 2.05) is 25.7 Å². The third-order valence-electron chi connectivity index (χ3n) is 3.93. The first-order valence-electron chi connectivity index (χ1n) is 7.04. The SMILES string of the molecule is CNCCC1CCCCN1c1c(C#N)c(C)nn1C. The van der Waals surface area contributed by atoms with E-state index in [9.17, 15) is 5.26 Å². The van der Waals surface area contributed by atoms with Gasteiger partial charge < -0.3 is 10.2 Å². The second kappa shape index (κ2) is 6.07. The Morgan fingerprint density at radius 2 is 2.26 bits per heavy atom. The molecule has 1 unspecified atom stereocenters. The van der Waals surface area contributed by atoms with Crippen molar-refractivity contribution in [3.05, 3.63) is 11.3 Å². The van der Waals surface area contributed by atoms with Crippen molar-refractivity contribution in [3.63, 3.8) is 0 Å². The van der Waals surface area contributed by atoms with E-state index in [2.05, 4.69) is 21.4 Å². The molecule has 5 nitrogen and oxygen atoms in total. The van der Waals surface area contributed by atoms with Gasteiger partial charge in [-0.05, 0) is 46.2 Å². The maximum absolute atomic E-state index is 9.36. The van der Waals surface area contributed by atoms with Crippen LogP contribution in [0.2, 0.25) is 0 Å². The van der Waals surface area contributed by atoms with E-state index < -0.39 is 0 Å². The topological polar surface area (TPSA) is 56.9 Å². The van der Waals surface area contributed by atoms with E-state index in [4.69, 9.17) is 0 Å². The highest BCUT2D eigenvalue weighted by Gasteiger charge is 2.27. The summed E-state index contributed by atoms with van der Waals surface area (Å²) in [5.41, 5.74) is 1.57. The molecule has 2 heterocycles. The standard InChI is InChI=1S/C14H23N5/c1-11-13(10-15)14(18(3)17-11)19-9-5-4-6-12(19)7-8-16-2/h12,16H,4-9H2,1-3H3. The second-order valence-electron chi connectivity index (χ2n) is 5.25. The maximum Gasteiger partial charge on any atom is 0.145 e. The molecule has 0 radical (unpaired) electrons. The lowest BCUT2D eigenvalue weighted by Gasteiger charge is -2.37. The van der Waals surface area contributed by atoms with Gasteiger partial charge in [0.05, 0.1) is 5.69 Å². The third-order valence-corrected chi connectivity index (χ3v) is 3.93. The van der Waals surface area contributed by atoms with E-state index in [1.54, 1.807) is 0 Å². The van der Waals surface area contributed by atoms with Gasteiger partial charge in [0.2, 0.25) is 0 Å². The minimum absolute atomic E-state index is 0.517. The average Bonchev–Trinajstić information content (AvgIpc) is 2.70. The van der Waals surface area contributed by atoms with Crippen LogP contribution in [0.3, 0.4) is 0 Å². The summed E-state index contributed by atoms with van der Waals surface area (Å²) in [5, 5.41) is 17.0. The van der Waals surface area contributed by atoms with Crippen molar-refractivity contribution in [2.24, 2.45) is 7.05 Å². The van der Waals surface area contributed by atoms with E-state index in [1.165, 1.54) is 19.3 Å². The number of hydrogen-bond donors (Lipinski definition) is 1. The summed E-state index contributed by atoms with van der Waals surface area (Å²) in [5.74, 6) is 1.00. The van der Waals surface area contributed by atoms with Crippen LogP contribution in [0.15, 0.2) is 0 Å². The fourth-order valence-corrected chi connectivity index (χ4v) is 3.00. The molecule has 0 aromatic carbocycles. The van der Waals surface area contributed by atoms with Gasteiger partial charge in [-0.1, -0.05) is 0 Å². The van der Waals surface area contributed by atoms with Crippen molar-refractivity contribution >= 4 is 5.82 Å². The molecule has 0 bridgehead atoms. The third kappa shape index (κ3) is 2.74. The Morgan fingerprint density at radius 3 is 2.95 bits per heavy atom. The van der Waals surface area contributed by atoms with Crippen molar-refractivity contribution in [2.75, 3.05) is 25.0 Å². The second-order valence-corrected chi connectivity index (χ2v) is 5.25. The average molecular weight is 261 g/mol. The monoisotopic (exact) mass is 261 g/mol. The molecule has 0 spiro atoms. The molecule has 1 aliphatic rings. The van der Waals surface area contributed by atoms with Gasteiger partial charge in [-0.2, -0.15) is 10.4 Å². The predicted octanol–water partition coefficient (Wildman–Crippen LogP) is 1.57. The number of anilines is 1. The fourth-order valence-electron chi connectivity index (χ4n) is 3.00. The summed E-state index contributed by atoms with van der Waals surface area (Å²) < 4.78 is 1.87. The number of nitrogens with zero attached hydrogens (tertiary/aromatic N) is 4. The van der Waals surface area contributed by atoms with Gasteiger partial charge in [0, 0.05) is 19.6 Å². The minimum Gasteiger partial charge on any atom is -0.353 e. The first kappa shape index (κ1) is 13.9. The summed E-state index contributed by atoms with van der Waals surface area (Å²) in [6, 6.07) is 2.83. The van der Waals surface area contributed by atoms with Gasteiger partial charge in [0.1, 0.15) is 17.5 Å². The largest absolute Gasteiger partial charge is 0.353 e. The quantitative estimate of drug-likeness (QED) is 0.894. The number of nitrogens with one attached hydrogen (secondary N) is 1. The number of aryl methyl sites for hydroxylation is 2. The zero-order chi connectivity index (χ0) is 13.8. The van der Waals surface area contributed by atoms with Gasteiger partial charge in [0.15, 0.2) is 0 Å². The normalized spacial score (nSPS) is 19.5. The molecule has 1 saturated heterocycles. The fraction of sp³-hybridized carbons (Fsp3) is 0.714. The van der Waals surface area contributed by atoms with Crippen molar-refractivity contribution in [3.8, 4) is 6.07 Å².